The summed E-state index contributed by atoms with van der Waals surface area (Å²) in [5, 5.41) is 11.0. The molecule has 2 heterocycles. The molecule has 152 valence electrons. The number of benzene rings is 2. The quantitative estimate of drug-likeness (QED) is 0.400. The fourth-order valence-electron chi connectivity index (χ4n) is 2.76. The van der Waals surface area contributed by atoms with E-state index in [4.69, 9.17) is 0 Å². The Morgan fingerprint density at radius 3 is 2.47 bits per heavy atom. The topological polar surface area (TPSA) is 96.0 Å². The van der Waals surface area contributed by atoms with Crippen LogP contribution in [0.5, 0.6) is 0 Å². The normalized spacial score (nSPS) is 10.7. The van der Waals surface area contributed by atoms with Crippen LogP contribution in [-0.4, -0.2) is 21.9 Å². The lowest BCUT2D eigenvalue weighted by Gasteiger charge is -2.05. The Hall–Kier alpha value is -3.30. The molecule has 0 aliphatic carbocycles. The van der Waals surface area contributed by atoms with Gasteiger partial charge in [0, 0.05) is 11.1 Å². The van der Waals surface area contributed by atoms with Crippen molar-refractivity contribution in [3.05, 3.63) is 64.7 Å². The SMILES string of the molecule is Cc1ccc(NC(=O)Nc2nc(CC(=O)Nc3nc4ccc(C)cc4s3)cs2)cc1. The van der Waals surface area contributed by atoms with Crippen LogP contribution in [0.25, 0.3) is 10.2 Å². The van der Waals surface area contributed by atoms with Gasteiger partial charge in [-0.1, -0.05) is 35.1 Å². The maximum Gasteiger partial charge on any atom is 0.325 e. The van der Waals surface area contributed by atoms with Crippen molar-refractivity contribution in [2.45, 2.75) is 20.3 Å². The number of carbonyl (C=O) groups is 2. The molecule has 0 saturated heterocycles. The summed E-state index contributed by atoms with van der Waals surface area (Å²) in [5.74, 6) is -0.202. The predicted octanol–water partition coefficient (Wildman–Crippen LogP) is 5.19. The van der Waals surface area contributed by atoms with Crippen LogP contribution in [0.2, 0.25) is 0 Å². The Morgan fingerprint density at radius 1 is 0.900 bits per heavy atom. The molecular formula is C21H19N5O2S2. The summed E-state index contributed by atoms with van der Waals surface area (Å²) in [6, 6.07) is 13.1. The third-order valence-corrected chi connectivity index (χ3v) is 5.95. The molecule has 2 aromatic carbocycles. The van der Waals surface area contributed by atoms with Gasteiger partial charge in [0.05, 0.1) is 22.3 Å². The number of urea groups is 1. The lowest BCUT2D eigenvalue weighted by Crippen LogP contribution is -2.19. The van der Waals surface area contributed by atoms with E-state index in [1.54, 1.807) is 5.38 Å². The number of hydrogen-bond acceptors (Lipinski definition) is 6. The van der Waals surface area contributed by atoms with Gasteiger partial charge in [0.2, 0.25) is 5.91 Å². The Kier molecular flexibility index (Phi) is 5.73. The summed E-state index contributed by atoms with van der Waals surface area (Å²) in [6.07, 6.45) is 0.104. The van der Waals surface area contributed by atoms with Gasteiger partial charge in [-0.05, 0) is 43.7 Å². The zero-order chi connectivity index (χ0) is 21.1. The van der Waals surface area contributed by atoms with E-state index in [1.165, 1.54) is 22.7 Å². The molecule has 0 aliphatic heterocycles. The lowest BCUT2D eigenvalue weighted by atomic mass is 10.2. The van der Waals surface area contributed by atoms with Crippen molar-refractivity contribution in [2.75, 3.05) is 16.0 Å². The highest BCUT2D eigenvalue weighted by Crippen LogP contribution is 2.27. The Bertz CT molecular complexity index is 1210. The minimum absolute atomic E-state index is 0.104. The fourth-order valence-corrected chi connectivity index (χ4v) is 4.44. The second-order valence-electron chi connectivity index (χ2n) is 6.80. The number of fused-ring (bicyclic) bond motifs is 1. The first-order valence-corrected chi connectivity index (χ1v) is 10.9. The van der Waals surface area contributed by atoms with Crippen molar-refractivity contribution in [3.8, 4) is 0 Å². The van der Waals surface area contributed by atoms with Crippen molar-refractivity contribution in [1.29, 1.82) is 0 Å². The summed E-state index contributed by atoms with van der Waals surface area (Å²) < 4.78 is 1.03. The van der Waals surface area contributed by atoms with E-state index in [-0.39, 0.29) is 18.4 Å². The maximum atomic E-state index is 12.3. The van der Waals surface area contributed by atoms with Gasteiger partial charge in [-0.3, -0.25) is 10.1 Å². The van der Waals surface area contributed by atoms with Crippen LogP contribution in [0.3, 0.4) is 0 Å². The molecule has 0 spiro atoms. The molecule has 7 nitrogen and oxygen atoms in total. The van der Waals surface area contributed by atoms with Crippen molar-refractivity contribution >= 4 is 60.8 Å². The van der Waals surface area contributed by atoms with Crippen LogP contribution in [0.4, 0.5) is 20.7 Å². The predicted molar refractivity (Wildman–Crippen MR) is 123 cm³/mol. The molecule has 0 fully saturated rings. The van der Waals surface area contributed by atoms with Crippen LogP contribution < -0.4 is 16.0 Å². The molecule has 0 unspecified atom stereocenters. The number of rotatable bonds is 5. The van der Waals surface area contributed by atoms with Gasteiger partial charge in [-0.25, -0.2) is 14.8 Å². The van der Waals surface area contributed by atoms with Gasteiger partial charge in [0.1, 0.15) is 0 Å². The van der Waals surface area contributed by atoms with Gasteiger partial charge in [0.25, 0.3) is 0 Å². The van der Waals surface area contributed by atoms with Crippen molar-refractivity contribution in [1.82, 2.24) is 9.97 Å². The first-order valence-electron chi connectivity index (χ1n) is 9.21. The molecule has 30 heavy (non-hydrogen) atoms. The molecule has 0 bridgehead atoms. The van der Waals surface area contributed by atoms with Gasteiger partial charge < -0.3 is 10.6 Å². The highest BCUT2D eigenvalue weighted by atomic mass is 32.1. The maximum absolute atomic E-state index is 12.3. The summed E-state index contributed by atoms with van der Waals surface area (Å²) in [6.45, 7) is 4.00. The third kappa shape index (κ3) is 5.00. The first kappa shape index (κ1) is 20.0. The second-order valence-corrected chi connectivity index (χ2v) is 8.69. The second kappa shape index (κ2) is 8.60. The minimum atomic E-state index is -0.381. The fraction of sp³-hybridized carbons (Fsp3) is 0.143. The van der Waals surface area contributed by atoms with Gasteiger partial charge in [-0.2, -0.15) is 0 Å². The minimum Gasteiger partial charge on any atom is -0.308 e. The first-order chi connectivity index (χ1) is 14.4. The average molecular weight is 438 g/mol. The monoisotopic (exact) mass is 437 g/mol. The number of nitrogens with one attached hydrogen (secondary N) is 3. The Labute approximate surface area is 181 Å². The molecule has 0 atom stereocenters. The zero-order valence-electron chi connectivity index (χ0n) is 16.4. The van der Waals surface area contributed by atoms with Gasteiger partial charge in [0.15, 0.2) is 10.3 Å². The molecule has 4 rings (SSSR count). The molecule has 9 heteroatoms. The van der Waals surface area contributed by atoms with Crippen LogP contribution in [0.15, 0.2) is 47.8 Å². The molecule has 0 saturated carbocycles. The van der Waals surface area contributed by atoms with Crippen molar-refractivity contribution < 1.29 is 9.59 Å². The summed E-state index contributed by atoms with van der Waals surface area (Å²) >= 11 is 2.71. The van der Waals surface area contributed by atoms with E-state index in [0.29, 0.717) is 21.6 Å². The molecule has 0 radical (unpaired) electrons. The zero-order valence-corrected chi connectivity index (χ0v) is 18.0. The number of aryl methyl sites for hydroxylation is 2. The smallest absolute Gasteiger partial charge is 0.308 e. The third-order valence-electron chi connectivity index (χ3n) is 4.21. The van der Waals surface area contributed by atoms with E-state index in [2.05, 4.69) is 25.9 Å². The largest absolute Gasteiger partial charge is 0.325 e. The number of nitrogens with zero attached hydrogens (tertiary/aromatic N) is 2. The summed E-state index contributed by atoms with van der Waals surface area (Å²) in [4.78, 5) is 33.2. The van der Waals surface area contributed by atoms with Gasteiger partial charge >= 0.3 is 6.03 Å². The Balaban J connectivity index is 1.32. The van der Waals surface area contributed by atoms with E-state index >= 15 is 0 Å². The molecule has 0 aliphatic rings. The number of aromatic nitrogens is 2. The number of amides is 3. The standard InChI is InChI=1S/C21H19N5O2S2/c1-12-3-6-14(7-4-12)22-19(28)26-20-23-15(11-29-20)10-18(27)25-21-24-16-8-5-13(2)9-17(16)30-21/h3-9,11H,10H2,1-2H3,(H,24,25,27)(H2,22,23,26,28). The molecular weight excluding hydrogens is 418 g/mol. The van der Waals surface area contributed by atoms with E-state index in [0.717, 1.165) is 21.3 Å². The summed E-state index contributed by atoms with van der Waals surface area (Å²) in [7, 11) is 0. The highest BCUT2D eigenvalue weighted by Gasteiger charge is 2.12. The van der Waals surface area contributed by atoms with Crippen LogP contribution in [0.1, 0.15) is 16.8 Å². The summed E-state index contributed by atoms with van der Waals surface area (Å²) in [5.41, 5.74) is 4.41. The van der Waals surface area contributed by atoms with E-state index in [9.17, 15) is 9.59 Å². The molecule has 4 aromatic rings. The number of anilines is 3. The number of hydrogen-bond donors (Lipinski definition) is 3. The molecule has 3 N–H and O–H groups in total. The van der Waals surface area contributed by atoms with Crippen LogP contribution >= 0.6 is 22.7 Å². The number of thiazole rings is 2. The molecule has 3 amide bonds. The highest BCUT2D eigenvalue weighted by molar-refractivity contribution is 7.22. The number of carbonyl (C=O) groups excluding carboxylic acids is 2. The van der Waals surface area contributed by atoms with E-state index < -0.39 is 0 Å². The van der Waals surface area contributed by atoms with Crippen molar-refractivity contribution in [3.63, 3.8) is 0 Å². The van der Waals surface area contributed by atoms with Crippen LogP contribution in [0, 0.1) is 13.8 Å². The Morgan fingerprint density at radius 2 is 1.67 bits per heavy atom. The average Bonchev–Trinajstić information content (AvgIpc) is 3.29. The van der Waals surface area contributed by atoms with Crippen LogP contribution in [-0.2, 0) is 11.2 Å². The van der Waals surface area contributed by atoms with Crippen molar-refractivity contribution in [2.24, 2.45) is 0 Å². The molecule has 2 aromatic heterocycles. The van der Waals surface area contributed by atoms with E-state index in [1.807, 2.05) is 56.3 Å². The lowest BCUT2D eigenvalue weighted by molar-refractivity contribution is -0.115. The van der Waals surface area contributed by atoms with Gasteiger partial charge in [-0.15, -0.1) is 11.3 Å².